The molecule has 0 radical (unpaired) electrons. The molecule has 0 saturated heterocycles. The van der Waals surface area contributed by atoms with Gasteiger partial charge in [-0.3, -0.25) is 4.79 Å². The topological polar surface area (TPSA) is 78.8 Å². The van der Waals surface area contributed by atoms with Gasteiger partial charge in [0.05, 0.1) is 36.4 Å². The van der Waals surface area contributed by atoms with Gasteiger partial charge in [0, 0.05) is 46.5 Å². The third kappa shape index (κ3) is 7.08. The minimum atomic E-state index is -0.250. The molecule has 0 amide bonds. The van der Waals surface area contributed by atoms with Gasteiger partial charge >= 0.3 is 5.97 Å². The number of furan rings is 1. The van der Waals surface area contributed by atoms with Crippen molar-refractivity contribution in [2.75, 3.05) is 34.0 Å². The molecular formula is C38H50N4O3. The largest absolute Gasteiger partial charge is 0.467 e. The highest BCUT2D eigenvalue weighted by Gasteiger charge is 2.31. The summed E-state index contributed by atoms with van der Waals surface area (Å²) in [5.41, 5.74) is 11.2. The lowest BCUT2D eigenvalue weighted by atomic mass is 9.87. The van der Waals surface area contributed by atoms with Crippen LogP contribution in [0, 0.1) is 13.8 Å². The molecular weight excluding hydrogens is 560 g/mol. The van der Waals surface area contributed by atoms with Gasteiger partial charge in [0.15, 0.2) is 0 Å². The molecule has 7 nitrogen and oxygen atoms in total. The van der Waals surface area contributed by atoms with Crippen LogP contribution in [0.2, 0.25) is 0 Å². The fourth-order valence-electron chi connectivity index (χ4n) is 6.80. The van der Waals surface area contributed by atoms with Crippen LogP contribution in [0.25, 0.3) is 11.1 Å². The lowest BCUT2D eigenvalue weighted by molar-refractivity contribution is -0.143. The molecule has 45 heavy (non-hydrogen) atoms. The quantitative estimate of drug-likeness (QED) is 0.198. The third-order valence-corrected chi connectivity index (χ3v) is 8.76. The first-order chi connectivity index (χ1) is 21.2. The number of hydrogen-bond acceptors (Lipinski definition) is 7. The van der Waals surface area contributed by atoms with E-state index in [4.69, 9.17) is 9.15 Å². The Morgan fingerprint density at radius 2 is 1.62 bits per heavy atom. The van der Waals surface area contributed by atoms with Crippen molar-refractivity contribution in [1.29, 1.82) is 0 Å². The van der Waals surface area contributed by atoms with E-state index in [1.54, 1.807) is 6.26 Å². The van der Waals surface area contributed by atoms with E-state index >= 15 is 0 Å². The van der Waals surface area contributed by atoms with Crippen molar-refractivity contribution >= 4 is 39.9 Å². The van der Waals surface area contributed by atoms with E-state index < -0.39 is 0 Å². The summed E-state index contributed by atoms with van der Waals surface area (Å²) in [6.45, 7) is 22.4. The van der Waals surface area contributed by atoms with Gasteiger partial charge in [-0.1, -0.05) is 12.2 Å². The number of aryl methyl sites for hydroxylation is 2. The molecule has 2 aliphatic rings. The summed E-state index contributed by atoms with van der Waals surface area (Å²) in [7, 11) is 0. The third-order valence-electron chi connectivity index (χ3n) is 8.76. The predicted molar refractivity (Wildman–Crippen MR) is 188 cm³/mol. The highest BCUT2D eigenvalue weighted by Crippen LogP contribution is 2.42. The molecule has 7 heteroatoms. The molecule has 3 N–H and O–H groups in total. The van der Waals surface area contributed by atoms with Crippen LogP contribution < -0.4 is 20.9 Å². The fraction of sp³-hybridized carbons (Fsp3) is 0.447. The van der Waals surface area contributed by atoms with E-state index in [0.717, 1.165) is 28.4 Å². The normalized spacial score (nSPS) is 17.4. The molecule has 2 aromatic carbocycles. The number of nitrogens with one attached hydrogen (secondary N) is 3. The second kappa shape index (κ2) is 12.3. The van der Waals surface area contributed by atoms with Crippen molar-refractivity contribution in [2.45, 2.75) is 98.8 Å². The van der Waals surface area contributed by atoms with E-state index in [1.807, 2.05) is 19.1 Å². The maximum absolute atomic E-state index is 12.8. The van der Waals surface area contributed by atoms with Crippen LogP contribution in [0.3, 0.4) is 0 Å². The first kappa shape index (κ1) is 32.3. The Bertz CT molecular complexity index is 1630. The molecule has 0 aliphatic carbocycles. The summed E-state index contributed by atoms with van der Waals surface area (Å²) in [4.78, 5) is 15.2. The maximum atomic E-state index is 12.8. The van der Waals surface area contributed by atoms with Crippen molar-refractivity contribution < 1.29 is 13.9 Å². The highest BCUT2D eigenvalue weighted by molar-refractivity contribution is 5.89. The van der Waals surface area contributed by atoms with Gasteiger partial charge < -0.3 is 30.0 Å². The van der Waals surface area contributed by atoms with E-state index in [9.17, 15) is 4.79 Å². The molecule has 2 atom stereocenters. The molecule has 0 bridgehead atoms. The van der Waals surface area contributed by atoms with E-state index in [1.165, 1.54) is 33.5 Å². The number of rotatable bonds is 10. The highest BCUT2D eigenvalue weighted by atomic mass is 16.5. The minimum Gasteiger partial charge on any atom is -0.467 e. The summed E-state index contributed by atoms with van der Waals surface area (Å²) in [5, 5.41) is 11.1. The monoisotopic (exact) mass is 610 g/mol. The molecule has 0 fully saturated rings. The van der Waals surface area contributed by atoms with Gasteiger partial charge in [0.1, 0.15) is 5.76 Å². The van der Waals surface area contributed by atoms with Gasteiger partial charge in [0.25, 0.3) is 0 Å². The van der Waals surface area contributed by atoms with Gasteiger partial charge in [-0.2, -0.15) is 0 Å². The number of fused-ring (bicyclic) bond motifs is 2. The predicted octanol–water partition coefficient (Wildman–Crippen LogP) is 9.11. The zero-order valence-corrected chi connectivity index (χ0v) is 28.6. The number of nitrogens with zero attached hydrogens (tertiary/aromatic N) is 1. The average molecular weight is 611 g/mol. The average Bonchev–Trinajstić information content (AvgIpc) is 3.47. The molecule has 2 unspecified atom stereocenters. The summed E-state index contributed by atoms with van der Waals surface area (Å²) in [6.07, 6.45) is 6.63. The van der Waals surface area contributed by atoms with Crippen molar-refractivity contribution in [2.24, 2.45) is 0 Å². The lowest BCUT2D eigenvalue weighted by Crippen LogP contribution is -2.39. The molecule has 5 rings (SSSR count). The number of hydrogen-bond donors (Lipinski definition) is 3. The van der Waals surface area contributed by atoms with Crippen LogP contribution in [-0.4, -0.2) is 36.2 Å². The number of anilines is 4. The summed E-state index contributed by atoms with van der Waals surface area (Å²) in [5.74, 6) is 0.711. The second-order valence-corrected chi connectivity index (χ2v) is 14.0. The smallest absolute Gasteiger partial charge is 0.307 e. The molecule has 3 heterocycles. The van der Waals surface area contributed by atoms with Crippen LogP contribution in [0.4, 0.5) is 22.7 Å². The van der Waals surface area contributed by atoms with Crippen molar-refractivity contribution in [1.82, 2.24) is 0 Å². The Kier molecular flexibility index (Phi) is 8.85. The van der Waals surface area contributed by atoms with Crippen LogP contribution in [0.5, 0.6) is 0 Å². The zero-order valence-electron chi connectivity index (χ0n) is 28.6. The van der Waals surface area contributed by atoms with Crippen LogP contribution >= 0.6 is 0 Å². The van der Waals surface area contributed by atoms with E-state index in [2.05, 4.69) is 120 Å². The molecule has 240 valence electrons. The number of carbonyl (C=O) groups is 1. The Morgan fingerprint density at radius 3 is 2.29 bits per heavy atom. The first-order valence-electron chi connectivity index (χ1n) is 16.2. The van der Waals surface area contributed by atoms with Gasteiger partial charge in [-0.15, -0.1) is 0 Å². The zero-order chi connectivity index (χ0) is 32.7. The van der Waals surface area contributed by atoms with E-state index in [-0.39, 0.29) is 29.1 Å². The molecule has 3 aromatic rings. The lowest BCUT2D eigenvalue weighted by Gasteiger charge is -2.39. The first-order valence-corrected chi connectivity index (χ1v) is 16.2. The number of esters is 1. The molecule has 1 aromatic heterocycles. The Balaban J connectivity index is 1.57. The minimum absolute atomic E-state index is 0.0207. The maximum Gasteiger partial charge on any atom is 0.307 e. The van der Waals surface area contributed by atoms with E-state index in [0.29, 0.717) is 19.6 Å². The van der Waals surface area contributed by atoms with Gasteiger partial charge in [-0.25, -0.2) is 0 Å². The van der Waals surface area contributed by atoms with Crippen LogP contribution in [0.1, 0.15) is 95.9 Å². The molecule has 0 saturated carbocycles. The molecule has 0 spiro atoms. The standard InChI is InChI=1S/C38H50N4O3/c1-11-44-34(43)17-26(5)42(30-16-24(3)35-31(19-30)25(4)20-37(7,8)40-35)22-28-21-38(9,10)41-36-23(2)15-29(18-32(28)36)39-27(6)33-13-12-14-45-33/h12-16,18-21,26-27,39-41H,11,17,22H2,1-10H3. The molecule has 2 aliphatic heterocycles. The number of ether oxygens (including phenoxy) is 1. The van der Waals surface area contributed by atoms with Crippen LogP contribution in [0.15, 0.2) is 59.2 Å². The number of carbonyl (C=O) groups excluding carboxylic acids is 1. The van der Waals surface area contributed by atoms with Crippen LogP contribution in [-0.2, 0) is 9.53 Å². The Hall–Kier alpha value is -4.13. The second-order valence-electron chi connectivity index (χ2n) is 14.0. The Morgan fingerprint density at radius 1 is 0.956 bits per heavy atom. The number of allylic oxidation sites excluding steroid dienone is 1. The van der Waals surface area contributed by atoms with Gasteiger partial charge in [0.2, 0.25) is 0 Å². The summed E-state index contributed by atoms with van der Waals surface area (Å²) >= 11 is 0. The SMILES string of the molecule is CCOC(=O)CC(C)N(CC1=CC(C)(C)Nc2c(C)cc(NC(C)c3ccco3)cc21)c1cc(C)c2c(c1)C(C)=CC(C)(C)N2. The Labute approximate surface area is 269 Å². The summed E-state index contributed by atoms with van der Waals surface area (Å²) < 4.78 is 11.1. The summed E-state index contributed by atoms with van der Waals surface area (Å²) in [6, 6.07) is 12.8. The fourth-order valence-corrected chi connectivity index (χ4v) is 6.80. The van der Waals surface area contributed by atoms with Crippen molar-refractivity contribution in [3.63, 3.8) is 0 Å². The van der Waals surface area contributed by atoms with Gasteiger partial charge in [-0.05, 0) is 128 Å². The van der Waals surface area contributed by atoms with Crippen molar-refractivity contribution in [3.05, 3.63) is 82.8 Å². The number of benzene rings is 2. The van der Waals surface area contributed by atoms with Crippen molar-refractivity contribution in [3.8, 4) is 0 Å².